The molecule has 1 saturated heterocycles. The normalized spacial score (nSPS) is 21.5. The van der Waals surface area contributed by atoms with Crippen LogP contribution in [0.1, 0.15) is 23.7 Å². The molecule has 2 rings (SSSR count). The van der Waals surface area contributed by atoms with Crippen molar-refractivity contribution in [3.8, 4) is 5.75 Å². The Hall–Kier alpha value is -0.780. The molecule has 1 heterocycles. The molecule has 1 aromatic rings. The van der Waals surface area contributed by atoms with Crippen LogP contribution in [0.5, 0.6) is 5.75 Å². The first-order chi connectivity index (χ1) is 8.99. The van der Waals surface area contributed by atoms with E-state index in [-0.39, 0.29) is 23.7 Å². The average molecular weight is 364 g/mol. The lowest BCUT2D eigenvalue weighted by atomic mass is 9.90. The number of carbonyl (C=O) groups is 1. The summed E-state index contributed by atoms with van der Waals surface area (Å²) in [5, 5.41) is 0. The third kappa shape index (κ3) is 3.45. The minimum atomic E-state index is 0. The van der Waals surface area contributed by atoms with Crippen molar-refractivity contribution in [2.75, 3.05) is 26.7 Å². The van der Waals surface area contributed by atoms with Crippen molar-refractivity contribution >= 4 is 34.2 Å². The maximum Gasteiger partial charge on any atom is 0.255 e. The van der Waals surface area contributed by atoms with Gasteiger partial charge < -0.3 is 15.4 Å². The highest BCUT2D eigenvalue weighted by atomic mass is 79.9. The molecule has 1 unspecified atom stereocenters. The molecule has 0 aliphatic carbocycles. The second-order valence-electron chi connectivity index (χ2n) is 5.34. The van der Waals surface area contributed by atoms with Crippen LogP contribution in [-0.4, -0.2) is 37.6 Å². The molecule has 0 saturated carbocycles. The molecule has 20 heavy (non-hydrogen) atoms. The predicted octanol–water partition coefficient (Wildman–Crippen LogP) is 2.69. The van der Waals surface area contributed by atoms with Crippen LogP contribution in [-0.2, 0) is 0 Å². The predicted molar refractivity (Wildman–Crippen MR) is 85.6 cm³/mol. The summed E-state index contributed by atoms with van der Waals surface area (Å²) < 4.78 is 5.96. The zero-order valence-electron chi connectivity index (χ0n) is 11.7. The van der Waals surface area contributed by atoms with E-state index in [4.69, 9.17) is 10.5 Å². The number of benzene rings is 1. The Kier molecular flexibility index (Phi) is 5.86. The van der Waals surface area contributed by atoms with Gasteiger partial charge in [0, 0.05) is 17.6 Å². The maximum absolute atomic E-state index is 12.5. The van der Waals surface area contributed by atoms with Crippen LogP contribution < -0.4 is 10.5 Å². The molecular formula is C14H20BrClN2O2. The van der Waals surface area contributed by atoms with E-state index in [1.807, 2.05) is 17.0 Å². The minimum absolute atomic E-state index is 0. The van der Waals surface area contributed by atoms with Crippen LogP contribution in [0.25, 0.3) is 0 Å². The van der Waals surface area contributed by atoms with Crippen LogP contribution in [0.3, 0.4) is 0 Å². The lowest BCUT2D eigenvalue weighted by molar-refractivity contribution is 0.0775. The summed E-state index contributed by atoms with van der Waals surface area (Å²) in [7, 11) is 1.60. The van der Waals surface area contributed by atoms with Crippen LogP contribution in [0.4, 0.5) is 0 Å². The number of ether oxygens (including phenoxy) is 1. The molecule has 112 valence electrons. The van der Waals surface area contributed by atoms with E-state index in [1.165, 1.54) is 0 Å². The maximum atomic E-state index is 12.5. The summed E-state index contributed by atoms with van der Waals surface area (Å²) in [6.07, 6.45) is 0.955. The first kappa shape index (κ1) is 17.3. The smallest absolute Gasteiger partial charge is 0.255 e. The number of nitrogens with zero attached hydrogens (tertiary/aromatic N) is 1. The van der Waals surface area contributed by atoms with E-state index < -0.39 is 0 Å². The molecule has 1 aliphatic rings. The lowest BCUT2D eigenvalue weighted by Gasteiger charge is -2.23. The van der Waals surface area contributed by atoms with E-state index in [0.717, 1.165) is 17.4 Å². The number of halogens is 2. The van der Waals surface area contributed by atoms with Gasteiger partial charge in [0.05, 0.1) is 12.7 Å². The van der Waals surface area contributed by atoms with E-state index in [9.17, 15) is 4.79 Å². The second kappa shape index (κ2) is 6.78. The topological polar surface area (TPSA) is 55.6 Å². The fourth-order valence-electron chi connectivity index (χ4n) is 2.33. The van der Waals surface area contributed by atoms with Gasteiger partial charge in [-0.15, -0.1) is 12.4 Å². The van der Waals surface area contributed by atoms with E-state index in [1.54, 1.807) is 13.2 Å². The van der Waals surface area contributed by atoms with Gasteiger partial charge in [-0.25, -0.2) is 0 Å². The Balaban J connectivity index is 0.00000200. The average Bonchev–Trinajstić information content (AvgIpc) is 2.82. The zero-order valence-corrected chi connectivity index (χ0v) is 14.1. The molecule has 1 aliphatic heterocycles. The molecule has 1 fully saturated rings. The quantitative estimate of drug-likeness (QED) is 0.898. The van der Waals surface area contributed by atoms with Crippen LogP contribution in [0, 0.1) is 5.41 Å². The second-order valence-corrected chi connectivity index (χ2v) is 6.19. The van der Waals surface area contributed by atoms with Crippen LogP contribution in [0.2, 0.25) is 0 Å². The Morgan fingerprint density at radius 1 is 1.55 bits per heavy atom. The van der Waals surface area contributed by atoms with Gasteiger partial charge in [-0.1, -0.05) is 6.92 Å². The van der Waals surface area contributed by atoms with Crippen molar-refractivity contribution in [1.29, 1.82) is 0 Å². The largest absolute Gasteiger partial charge is 0.497 e. The molecule has 2 N–H and O–H groups in total. The summed E-state index contributed by atoms with van der Waals surface area (Å²) in [5.74, 6) is 0.718. The Bertz CT molecular complexity index is 498. The Morgan fingerprint density at radius 2 is 2.25 bits per heavy atom. The number of hydrogen-bond donors (Lipinski definition) is 1. The molecule has 0 spiro atoms. The highest BCUT2D eigenvalue weighted by Gasteiger charge is 2.35. The van der Waals surface area contributed by atoms with Crippen LogP contribution >= 0.6 is 28.3 Å². The summed E-state index contributed by atoms with van der Waals surface area (Å²) in [6.45, 7) is 4.21. The number of likely N-dealkylation sites (tertiary alicyclic amines) is 1. The van der Waals surface area contributed by atoms with Gasteiger partial charge in [0.15, 0.2) is 0 Å². The number of hydrogen-bond acceptors (Lipinski definition) is 3. The van der Waals surface area contributed by atoms with Gasteiger partial charge in [-0.3, -0.25) is 4.79 Å². The Morgan fingerprint density at radius 3 is 2.80 bits per heavy atom. The molecule has 0 radical (unpaired) electrons. The van der Waals surface area contributed by atoms with Gasteiger partial charge in [0.2, 0.25) is 0 Å². The van der Waals surface area contributed by atoms with Gasteiger partial charge in [0.1, 0.15) is 5.75 Å². The van der Waals surface area contributed by atoms with Crippen molar-refractivity contribution < 1.29 is 9.53 Å². The summed E-state index contributed by atoms with van der Waals surface area (Å²) in [6, 6.07) is 5.43. The third-order valence-electron chi connectivity index (χ3n) is 3.74. The standard InChI is InChI=1S/C14H19BrN2O2.ClH/c1-14(8-16)5-6-17(9-14)13(18)11-7-10(19-2)3-4-12(11)15;/h3-4,7H,5-6,8-9,16H2,1-2H3;1H. The summed E-state index contributed by atoms with van der Waals surface area (Å²) in [5.41, 5.74) is 6.46. The SMILES string of the molecule is COc1ccc(Br)c(C(=O)N2CCC(C)(CN)C2)c1.Cl. The molecule has 0 bridgehead atoms. The number of nitrogens with two attached hydrogens (primary N) is 1. The molecule has 1 atom stereocenters. The highest BCUT2D eigenvalue weighted by Crippen LogP contribution is 2.31. The number of methoxy groups -OCH3 is 1. The molecule has 4 nitrogen and oxygen atoms in total. The van der Waals surface area contributed by atoms with Crippen molar-refractivity contribution in [3.63, 3.8) is 0 Å². The minimum Gasteiger partial charge on any atom is -0.497 e. The van der Waals surface area contributed by atoms with Gasteiger partial charge in [-0.05, 0) is 52.5 Å². The van der Waals surface area contributed by atoms with Gasteiger partial charge in [0.25, 0.3) is 5.91 Å². The van der Waals surface area contributed by atoms with E-state index in [0.29, 0.717) is 24.4 Å². The van der Waals surface area contributed by atoms with Crippen molar-refractivity contribution in [1.82, 2.24) is 4.90 Å². The highest BCUT2D eigenvalue weighted by molar-refractivity contribution is 9.10. The number of amides is 1. The molecule has 1 amide bonds. The van der Waals surface area contributed by atoms with Crippen LogP contribution in [0.15, 0.2) is 22.7 Å². The number of rotatable bonds is 3. The van der Waals surface area contributed by atoms with Gasteiger partial charge in [-0.2, -0.15) is 0 Å². The van der Waals surface area contributed by atoms with Gasteiger partial charge >= 0.3 is 0 Å². The van der Waals surface area contributed by atoms with E-state index in [2.05, 4.69) is 22.9 Å². The molecule has 1 aromatic carbocycles. The summed E-state index contributed by atoms with van der Waals surface area (Å²) >= 11 is 3.43. The van der Waals surface area contributed by atoms with Crippen molar-refractivity contribution in [2.45, 2.75) is 13.3 Å². The van der Waals surface area contributed by atoms with Crippen molar-refractivity contribution in [2.24, 2.45) is 11.1 Å². The zero-order chi connectivity index (χ0) is 14.0. The molecule has 6 heteroatoms. The fourth-order valence-corrected chi connectivity index (χ4v) is 2.75. The first-order valence-corrected chi connectivity index (χ1v) is 7.11. The molecule has 0 aromatic heterocycles. The van der Waals surface area contributed by atoms with Crippen molar-refractivity contribution in [3.05, 3.63) is 28.2 Å². The monoisotopic (exact) mass is 362 g/mol. The van der Waals surface area contributed by atoms with E-state index >= 15 is 0 Å². The Labute approximate surface area is 134 Å². The lowest BCUT2D eigenvalue weighted by Crippen LogP contribution is -2.34. The molecular weight excluding hydrogens is 344 g/mol. The first-order valence-electron chi connectivity index (χ1n) is 6.32. The fraction of sp³-hybridized carbons (Fsp3) is 0.500. The summed E-state index contributed by atoms with van der Waals surface area (Å²) in [4.78, 5) is 14.4. The number of carbonyl (C=O) groups excluding carboxylic acids is 1. The third-order valence-corrected chi connectivity index (χ3v) is 4.43.